The number of methoxy groups -OCH3 is 1. The van der Waals surface area contributed by atoms with Crippen LogP contribution in [0.5, 0.6) is 5.75 Å². The lowest BCUT2D eigenvalue weighted by Gasteiger charge is -2.34. The van der Waals surface area contributed by atoms with Crippen molar-refractivity contribution in [2.24, 2.45) is 0 Å². The monoisotopic (exact) mass is 378 g/mol. The summed E-state index contributed by atoms with van der Waals surface area (Å²) >= 11 is 0. The lowest BCUT2D eigenvalue weighted by Crippen LogP contribution is -2.48. The summed E-state index contributed by atoms with van der Waals surface area (Å²) in [5.74, 6) is 1.08. The van der Waals surface area contributed by atoms with Gasteiger partial charge in [-0.05, 0) is 36.2 Å². The van der Waals surface area contributed by atoms with E-state index in [1.54, 1.807) is 7.11 Å². The number of aromatic nitrogens is 2. The van der Waals surface area contributed by atoms with Crippen LogP contribution in [0.25, 0.3) is 5.65 Å². The van der Waals surface area contributed by atoms with Gasteiger partial charge in [0.1, 0.15) is 11.4 Å². The number of hydrogen-bond acceptors (Lipinski definition) is 4. The third-order valence-electron chi connectivity index (χ3n) is 5.31. The largest absolute Gasteiger partial charge is 0.497 e. The number of ether oxygens (including phenoxy) is 1. The molecule has 6 nitrogen and oxygen atoms in total. The Morgan fingerprint density at radius 1 is 1.07 bits per heavy atom. The first-order chi connectivity index (χ1) is 13.7. The molecule has 3 aromatic rings. The van der Waals surface area contributed by atoms with Crippen molar-refractivity contribution in [1.29, 1.82) is 0 Å². The van der Waals surface area contributed by atoms with E-state index < -0.39 is 0 Å². The van der Waals surface area contributed by atoms with E-state index in [0.29, 0.717) is 6.42 Å². The van der Waals surface area contributed by atoms with Crippen molar-refractivity contribution in [2.45, 2.75) is 19.4 Å². The fourth-order valence-electron chi connectivity index (χ4n) is 3.65. The van der Waals surface area contributed by atoms with Gasteiger partial charge in [-0.25, -0.2) is 4.98 Å². The smallest absolute Gasteiger partial charge is 0.222 e. The van der Waals surface area contributed by atoms with Gasteiger partial charge in [-0.1, -0.05) is 18.2 Å². The molecule has 4 rings (SSSR count). The maximum absolute atomic E-state index is 12.5. The molecule has 0 radical (unpaired) electrons. The summed E-state index contributed by atoms with van der Waals surface area (Å²) in [6.45, 7) is 4.18. The number of nitrogens with zero attached hydrogens (tertiary/aromatic N) is 4. The zero-order chi connectivity index (χ0) is 19.3. The van der Waals surface area contributed by atoms with Crippen LogP contribution in [0.3, 0.4) is 0 Å². The molecular formula is C22H26N4O2. The quantitative estimate of drug-likeness (QED) is 0.662. The molecule has 0 aliphatic carbocycles. The van der Waals surface area contributed by atoms with Crippen molar-refractivity contribution in [1.82, 2.24) is 19.2 Å². The van der Waals surface area contributed by atoms with E-state index in [2.05, 4.69) is 16.1 Å². The van der Waals surface area contributed by atoms with E-state index in [0.717, 1.165) is 56.2 Å². The van der Waals surface area contributed by atoms with Gasteiger partial charge in [-0.2, -0.15) is 0 Å². The SMILES string of the molecule is COc1ccc(CCC(=O)N2CCN(Cc3cn4ccccc4n3)CC2)cc1. The Labute approximate surface area is 165 Å². The van der Waals surface area contributed by atoms with Crippen LogP contribution in [0.2, 0.25) is 0 Å². The Kier molecular flexibility index (Phi) is 5.58. The summed E-state index contributed by atoms with van der Waals surface area (Å²) < 4.78 is 7.22. The highest BCUT2D eigenvalue weighted by Gasteiger charge is 2.21. The first-order valence-electron chi connectivity index (χ1n) is 9.77. The number of pyridine rings is 1. The third kappa shape index (κ3) is 4.34. The van der Waals surface area contributed by atoms with Gasteiger partial charge in [0.25, 0.3) is 0 Å². The number of rotatable bonds is 6. The van der Waals surface area contributed by atoms with Gasteiger partial charge in [0, 0.05) is 51.5 Å². The molecule has 146 valence electrons. The highest BCUT2D eigenvalue weighted by atomic mass is 16.5. The van der Waals surface area contributed by atoms with E-state index in [1.807, 2.05) is 58.0 Å². The lowest BCUT2D eigenvalue weighted by atomic mass is 10.1. The maximum atomic E-state index is 12.5. The van der Waals surface area contributed by atoms with Crippen LogP contribution >= 0.6 is 0 Å². The van der Waals surface area contributed by atoms with Crippen molar-refractivity contribution in [2.75, 3.05) is 33.3 Å². The fraction of sp³-hybridized carbons (Fsp3) is 0.364. The zero-order valence-electron chi connectivity index (χ0n) is 16.3. The van der Waals surface area contributed by atoms with Gasteiger partial charge >= 0.3 is 0 Å². The lowest BCUT2D eigenvalue weighted by molar-refractivity contribution is -0.133. The number of aryl methyl sites for hydroxylation is 1. The Morgan fingerprint density at radius 3 is 2.57 bits per heavy atom. The number of hydrogen-bond donors (Lipinski definition) is 0. The minimum Gasteiger partial charge on any atom is -0.497 e. The molecule has 28 heavy (non-hydrogen) atoms. The molecule has 1 fully saturated rings. The summed E-state index contributed by atoms with van der Waals surface area (Å²) in [5.41, 5.74) is 3.22. The standard InChI is InChI=1S/C22H26N4O2/c1-28-20-8-5-18(6-9-20)7-10-22(27)25-14-12-24(13-15-25)16-19-17-26-11-3-2-4-21(26)23-19/h2-6,8-9,11,17H,7,10,12-16H2,1H3. The summed E-state index contributed by atoms with van der Waals surface area (Å²) in [6.07, 6.45) is 5.43. The molecule has 0 spiro atoms. The first kappa shape index (κ1) is 18.5. The van der Waals surface area contributed by atoms with Crippen LogP contribution in [-0.4, -0.2) is 58.4 Å². The van der Waals surface area contributed by atoms with Gasteiger partial charge in [-0.3, -0.25) is 9.69 Å². The van der Waals surface area contributed by atoms with Crippen LogP contribution in [0, 0.1) is 0 Å². The molecule has 1 aliphatic rings. The summed E-state index contributed by atoms with van der Waals surface area (Å²) in [5, 5.41) is 0. The van der Waals surface area contributed by atoms with Crippen LogP contribution in [0.4, 0.5) is 0 Å². The summed E-state index contributed by atoms with van der Waals surface area (Å²) in [6, 6.07) is 14.0. The number of piperazine rings is 1. The van der Waals surface area contributed by atoms with Gasteiger partial charge in [-0.15, -0.1) is 0 Å². The van der Waals surface area contributed by atoms with Crippen molar-refractivity contribution >= 4 is 11.6 Å². The van der Waals surface area contributed by atoms with E-state index in [4.69, 9.17) is 4.74 Å². The Morgan fingerprint density at radius 2 is 1.86 bits per heavy atom. The maximum Gasteiger partial charge on any atom is 0.222 e. The van der Waals surface area contributed by atoms with E-state index in [9.17, 15) is 4.79 Å². The Hall–Kier alpha value is -2.86. The molecule has 0 atom stereocenters. The Bertz CT molecular complexity index is 894. The number of amides is 1. The highest BCUT2D eigenvalue weighted by molar-refractivity contribution is 5.76. The predicted molar refractivity (Wildman–Crippen MR) is 108 cm³/mol. The van der Waals surface area contributed by atoms with Gasteiger partial charge in [0.05, 0.1) is 12.8 Å². The highest BCUT2D eigenvalue weighted by Crippen LogP contribution is 2.14. The number of carbonyl (C=O) groups is 1. The van der Waals surface area contributed by atoms with Gasteiger partial charge in [0.15, 0.2) is 0 Å². The average Bonchev–Trinajstić information content (AvgIpc) is 3.15. The molecular weight excluding hydrogens is 352 g/mol. The second kappa shape index (κ2) is 8.44. The second-order valence-electron chi connectivity index (χ2n) is 7.20. The van der Waals surface area contributed by atoms with Gasteiger partial charge in [0.2, 0.25) is 5.91 Å². The molecule has 0 saturated carbocycles. The number of imidazole rings is 1. The number of carbonyl (C=O) groups excluding carboxylic acids is 1. The molecule has 0 bridgehead atoms. The molecule has 1 aromatic carbocycles. The third-order valence-corrected chi connectivity index (χ3v) is 5.31. The van der Waals surface area contributed by atoms with Crippen molar-refractivity contribution < 1.29 is 9.53 Å². The molecule has 0 unspecified atom stereocenters. The molecule has 1 aliphatic heterocycles. The second-order valence-corrected chi connectivity index (χ2v) is 7.20. The number of benzene rings is 1. The summed E-state index contributed by atoms with van der Waals surface area (Å²) in [4.78, 5) is 21.6. The minimum atomic E-state index is 0.239. The molecule has 2 aromatic heterocycles. The van der Waals surface area contributed by atoms with Crippen LogP contribution in [0.1, 0.15) is 17.7 Å². The van der Waals surface area contributed by atoms with E-state index in [-0.39, 0.29) is 5.91 Å². The van der Waals surface area contributed by atoms with Crippen LogP contribution in [0.15, 0.2) is 54.9 Å². The molecule has 6 heteroatoms. The van der Waals surface area contributed by atoms with E-state index >= 15 is 0 Å². The molecule has 1 amide bonds. The van der Waals surface area contributed by atoms with Crippen molar-refractivity contribution in [3.05, 3.63) is 66.1 Å². The minimum absolute atomic E-state index is 0.239. The fourth-order valence-corrected chi connectivity index (χ4v) is 3.65. The number of fused-ring (bicyclic) bond motifs is 1. The first-order valence-corrected chi connectivity index (χ1v) is 9.77. The van der Waals surface area contributed by atoms with Crippen molar-refractivity contribution in [3.8, 4) is 5.75 Å². The molecule has 1 saturated heterocycles. The topological polar surface area (TPSA) is 50.1 Å². The summed E-state index contributed by atoms with van der Waals surface area (Å²) in [7, 11) is 1.66. The average molecular weight is 378 g/mol. The molecule has 3 heterocycles. The van der Waals surface area contributed by atoms with E-state index in [1.165, 1.54) is 5.56 Å². The van der Waals surface area contributed by atoms with Gasteiger partial charge < -0.3 is 14.0 Å². The van der Waals surface area contributed by atoms with Crippen LogP contribution in [-0.2, 0) is 17.8 Å². The normalized spacial score (nSPS) is 15.1. The Balaban J connectivity index is 1.24. The predicted octanol–water partition coefficient (Wildman–Crippen LogP) is 2.62. The van der Waals surface area contributed by atoms with Crippen molar-refractivity contribution in [3.63, 3.8) is 0 Å². The van der Waals surface area contributed by atoms with Crippen LogP contribution < -0.4 is 4.74 Å². The zero-order valence-corrected chi connectivity index (χ0v) is 16.3. The molecule has 0 N–H and O–H groups in total.